The fourth-order valence-electron chi connectivity index (χ4n) is 3.73. The van der Waals surface area contributed by atoms with Gasteiger partial charge in [-0.15, -0.1) is 0 Å². The molecule has 1 amide bonds. The Bertz CT molecular complexity index is 756. The summed E-state index contributed by atoms with van der Waals surface area (Å²) >= 11 is 0. The maximum absolute atomic E-state index is 12.6. The topological polar surface area (TPSA) is 144 Å². The van der Waals surface area contributed by atoms with Gasteiger partial charge in [0.05, 0.1) is 0 Å². The van der Waals surface area contributed by atoms with Crippen molar-refractivity contribution in [3.05, 3.63) is 0 Å². The first-order valence-corrected chi connectivity index (χ1v) is 13.4. The summed E-state index contributed by atoms with van der Waals surface area (Å²) in [6, 6.07) is -1.15. The Morgan fingerprint density at radius 2 is 1.08 bits per heavy atom. The second-order valence-corrected chi connectivity index (χ2v) is 8.97. The molecule has 0 aliphatic carbocycles. The van der Waals surface area contributed by atoms with Gasteiger partial charge in [-0.25, -0.2) is 0 Å². The predicted molar refractivity (Wildman–Crippen MR) is 132 cm³/mol. The Balaban J connectivity index is 3.45. The van der Waals surface area contributed by atoms with Crippen LogP contribution in [0.4, 0.5) is 0 Å². The summed E-state index contributed by atoms with van der Waals surface area (Å²) in [5.41, 5.74) is 0. The molecule has 0 aromatic rings. The van der Waals surface area contributed by atoms with Crippen LogP contribution in [0, 0.1) is 0 Å². The molecule has 1 N–H and O–H groups in total. The van der Waals surface area contributed by atoms with E-state index in [-0.39, 0.29) is 44.6 Å². The van der Waals surface area contributed by atoms with Crippen molar-refractivity contribution < 1.29 is 47.7 Å². The van der Waals surface area contributed by atoms with E-state index in [2.05, 4.69) is 5.32 Å². The van der Waals surface area contributed by atoms with Crippen molar-refractivity contribution in [2.45, 2.75) is 129 Å². The number of ether oxygens (including phenoxy) is 5. The smallest absolute Gasteiger partial charge is 0.308 e. The minimum Gasteiger partial charge on any atom is -0.463 e. The first-order chi connectivity index (χ1) is 17.7. The lowest BCUT2D eigenvalue weighted by Gasteiger charge is -2.44. The third kappa shape index (κ3) is 11.5. The SMILES string of the molecule is CCCC(=O)N[C@H]1C(OC(=O)CCC)O[C@H](COC(=O)CCC)[C@@H](OC(=O)CCC)[C@@H]1OC(=O)CCC. The lowest BCUT2D eigenvalue weighted by Crippen LogP contribution is -2.67. The fraction of sp³-hybridized carbons (Fsp3) is 0.808. The molecule has 1 heterocycles. The summed E-state index contributed by atoms with van der Waals surface area (Å²) in [4.78, 5) is 62.2. The number of hydrogen-bond acceptors (Lipinski definition) is 10. The van der Waals surface area contributed by atoms with Crippen molar-refractivity contribution in [1.29, 1.82) is 0 Å². The molecular formula is C26H43NO10. The molecule has 0 bridgehead atoms. The van der Waals surface area contributed by atoms with Crippen LogP contribution >= 0.6 is 0 Å². The summed E-state index contributed by atoms with van der Waals surface area (Å²) in [5, 5.41) is 2.74. The van der Waals surface area contributed by atoms with Crippen molar-refractivity contribution in [3.8, 4) is 0 Å². The molecule has 1 aliphatic heterocycles. The third-order valence-electron chi connectivity index (χ3n) is 5.46. The van der Waals surface area contributed by atoms with Gasteiger partial charge in [0, 0.05) is 32.1 Å². The van der Waals surface area contributed by atoms with Crippen molar-refractivity contribution in [3.63, 3.8) is 0 Å². The van der Waals surface area contributed by atoms with E-state index in [1.807, 2.05) is 13.8 Å². The highest BCUT2D eigenvalue weighted by Gasteiger charge is 2.52. The minimum absolute atomic E-state index is 0.0824. The van der Waals surface area contributed by atoms with E-state index in [9.17, 15) is 24.0 Å². The molecule has 0 saturated carbocycles. The number of carbonyl (C=O) groups is 5. The van der Waals surface area contributed by atoms with Crippen molar-refractivity contribution in [1.82, 2.24) is 5.32 Å². The Kier molecular flexibility index (Phi) is 15.5. The second kappa shape index (κ2) is 17.7. The molecule has 0 aromatic carbocycles. The Hall–Kier alpha value is -2.69. The van der Waals surface area contributed by atoms with Gasteiger partial charge in [0.25, 0.3) is 0 Å². The Morgan fingerprint density at radius 3 is 1.59 bits per heavy atom. The van der Waals surface area contributed by atoms with Gasteiger partial charge in [0.15, 0.2) is 12.2 Å². The van der Waals surface area contributed by atoms with Crippen LogP contribution in [-0.2, 0) is 47.7 Å². The van der Waals surface area contributed by atoms with Crippen molar-refractivity contribution in [2.75, 3.05) is 6.61 Å². The van der Waals surface area contributed by atoms with Gasteiger partial charge in [0.2, 0.25) is 12.2 Å². The molecule has 212 valence electrons. The lowest BCUT2D eigenvalue weighted by atomic mass is 9.95. The minimum atomic E-state index is -1.37. The molecule has 0 aromatic heterocycles. The average Bonchev–Trinajstić information content (AvgIpc) is 2.82. The molecule has 1 rings (SSSR count). The quantitative estimate of drug-likeness (QED) is 0.234. The second-order valence-electron chi connectivity index (χ2n) is 8.97. The van der Waals surface area contributed by atoms with E-state index in [4.69, 9.17) is 23.7 Å². The summed E-state index contributed by atoms with van der Waals surface area (Å²) < 4.78 is 28.2. The van der Waals surface area contributed by atoms with Crippen LogP contribution in [0.25, 0.3) is 0 Å². The predicted octanol–water partition coefficient (Wildman–Crippen LogP) is 3.11. The number of carbonyl (C=O) groups excluding carboxylic acids is 5. The lowest BCUT2D eigenvalue weighted by molar-refractivity contribution is -0.272. The molecule has 5 atom stereocenters. The van der Waals surface area contributed by atoms with Gasteiger partial charge >= 0.3 is 23.9 Å². The largest absolute Gasteiger partial charge is 0.463 e. The van der Waals surface area contributed by atoms with Gasteiger partial charge in [-0.3, -0.25) is 24.0 Å². The number of amides is 1. The van der Waals surface area contributed by atoms with Crippen LogP contribution in [0.15, 0.2) is 0 Å². The van der Waals surface area contributed by atoms with Crippen LogP contribution in [0.1, 0.15) is 98.8 Å². The number of hydrogen-bond donors (Lipinski definition) is 1. The van der Waals surface area contributed by atoms with E-state index >= 15 is 0 Å². The van der Waals surface area contributed by atoms with Crippen LogP contribution in [0.3, 0.4) is 0 Å². The molecular weight excluding hydrogens is 486 g/mol. The zero-order valence-electron chi connectivity index (χ0n) is 22.7. The molecule has 1 aliphatic rings. The average molecular weight is 530 g/mol. The summed E-state index contributed by atoms with van der Waals surface area (Å²) in [6.45, 7) is 8.72. The molecule has 1 fully saturated rings. The maximum Gasteiger partial charge on any atom is 0.308 e. The summed E-state index contributed by atoms with van der Waals surface area (Å²) in [5.74, 6) is -2.60. The highest BCUT2D eigenvalue weighted by molar-refractivity contribution is 5.77. The van der Waals surface area contributed by atoms with Gasteiger partial charge in [-0.05, 0) is 32.1 Å². The van der Waals surface area contributed by atoms with Crippen molar-refractivity contribution in [2.24, 2.45) is 0 Å². The normalized spacial score (nSPS) is 23.0. The van der Waals surface area contributed by atoms with Crippen LogP contribution < -0.4 is 5.32 Å². The van der Waals surface area contributed by atoms with E-state index in [1.54, 1.807) is 20.8 Å². The van der Waals surface area contributed by atoms with E-state index < -0.39 is 54.5 Å². The fourth-order valence-corrected chi connectivity index (χ4v) is 3.73. The zero-order valence-corrected chi connectivity index (χ0v) is 22.7. The van der Waals surface area contributed by atoms with Gasteiger partial charge in [-0.2, -0.15) is 0 Å². The monoisotopic (exact) mass is 529 g/mol. The first-order valence-electron chi connectivity index (χ1n) is 13.4. The molecule has 11 nitrogen and oxygen atoms in total. The standard InChI is InChI=1S/C26H43NO10/c1-6-11-18(28)27-23-25(36-21(31)14-9-4)24(35-20(30)13-8-3)17(16-33-19(29)12-7-2)34-26(23)37-22(32)15-10-5/h17,23-26H,6-16H2,1-5H3,(H,27,28)/t17-,23-,24-,25-,26?/m1/s1. The zero-order chi connectivity index (χ0) is 27.8. The Labute approximate surface area is 219 Å². The van der Waals surface area contributed by atoms with Gasteiger partial charge < -0.3 is 29.0 Å². The molecule has 1 saturated heterocycles. The van der Waals surface area contributed by atoms with E-state index in [0.717, 1.165) is 0 Å². The molecule has 1 unspecified atom stereocenters. The highest BCUT2D eigenvalue weighted by atomic mass is 16.7. The Morgan fingerprint density at radius 1 is 0.622 bits per heavy atom. The molecule has 37 heavy (non-hydrogen) atoms. The van der Waals surface area contributed by atoms with Crippen molar-refractivity contribution >= 4 is 29.8 Å². The highest BCUT2D eigenvalue weighted by Crippen LogP contribution is 2.29. The maximum atomic E-state index is 12.6. The number of rotatable bonds is 16. The first kappa shape index (κ1) is 32.3. The summed E-state index contributed by atoms with van der Waals surface area (Å²) in [7, 11) is 0. The van der Waals surface area contributed by atoms with Gasteiger partial charge in [-0.1, -0.05) is 34.6 Å². The molecule has 0 spiro atoms. The number of nitrogens with one attached hydrogen (secondary N) is 1. The molecule has 0 radical (unpaired) electrons. The van der Waals surface area contributed by atoms with Crippen LogP contribution in [0.5, 0.6) is 0 Å². The van der Waals surface area contributed by atoms with Crippen LogP contribution in [-0.4, -0.2) is 67.0 Å². The molecule has 11 heteroatoms. The van der Waals surface area contributed by atoms with Crippen LogP contribution in [0.2, 0.25) is 0 Å². The van der Waals surface area contributed by atoms with E-state index in [0.29, 0.717) is 32.1 Å². The third-order valence-corrected chi connectivity index (χ3v) is 5.46. The van der Waals surface area contributed by atoms with Gasteiger partial charge in [0.1, 0.15) is 18.8 Å². The van der Waals surface area contributed by atoms with E-state index in [1.165, 1.54) is 0 Å². The summed E-state index contributed by atoms with van der Waals surface area (Å²) in [6.07, 6.45) is -1.68. The number of esters is 4.